The van der Waals surface area contributed by atoms with Gasteiger partial charge in [-0.15, -0.1) is 0 Å². The third-order valence-electron chi connectivity index (χ3n) is 1.72. The van der Waals surface area contributed by atoms with Gasteiger partial charge in [0.25, 0.3) is 0 Å². The molecule has 0 aromatic carbocycles. The van der Waals surface area contributed by atoms with E-state index in [0.717, 1.165) is 0 Å². The molecular weight excluding hydrogens is 168 g/mol. The largest absolute Gasteiger partial charge is 0.455 e. The van der Waals surface area contributed by atoms with Crippen molar-refractivity contribution < 1.29 is 30.0 Å². The van der Waals surface area contributed by atoms with E-state index < -0.39 is 37.0 Å². The van der Waals surface area contributed by atoms with Crippen molar-refractivity contribution in [3.8, 4) is 0 Å². The molecule has 1 saturated heterocycles. The van der Waals surface area contributed by atoms with Crippen molar-refractivity contribution in [1.82, 2.24) is 0 Å². The summed E-state index contributed by atoms with van der Waals surface area (Å²) in [5, 5.41) is 35.3. The summed E-state index contributed by atoms with van der Waals surface area (Å²) in [5.74, 6) is -0.986. The average molecular weight is 178 g/mol. The van der Waals surface area contributed by atoms with Crippen LogP contribution in [-0.2, 0) is 9.53 Å². The fourth-order valence-corrected chi connectivity index (χ4v) is 1.00. The molecule has 0 aliphatic carbocycles. The molecule has 1 aliphatic heterocycles. The Balaban J connectivity index is 2.64. The van der Waals surface area contributed by atoms with Crippen molar-refractivity contribution in [3.05, 3.63) is 0 Å². The molecule has 0 aromatic rings. The Morgan fingerprint density at radius 1 is 1.50 bits per heavy atom. The normalized spacial score (nSPS) is 38.0. The second-order valence-electron chi connectivity index (χ2n) is 2.59. The highest BCUT2D eigenvalue weighted by Gasteiger charge is 2.45. The van der Waals surface area contributed by atoms with Crippen LogP contribution in [0.2, 0.25) is 0 Å². The van der Waals surface area contributed by atoms with Crippen molar-refractivity contribution in [1.29, 1.82) is 0 Å². The molecule has 0 amide bonds. The molecular formula is C6H10O6. The number of esters is 1. The lowest BCUT2D eigenvalue weighted by molar-refractivity contribution is -0.151. The highest BCUT2D eigenvalue weighted by atomic mass is 16.6. The highest BCUT2D eigenvalue weighted by molar-refractivity contribution is 5.77. The molecule has 6 nitrogen and oxygen atoms in total. The second kappa shape index (κ2) is 3.36. The lowest BCUT2D eigenvalue weighted by Crippen LogP contribution is -2.40. The summed E-state index contributed by atoms with van der Waals surface area (Å²) in [4.78, 5) is 10.6. The Morgan fingerprint density at radius 2 is 2.08 bits per heavy atom. The zero-order valence-corrected chi connectivity index (χ0v) is 6.12. The Bertz CT molecular complexity index is 181. The molecule has 4 N–H and O–H groups in total. The van der Waals surface area contributed by atoms with E-state index in [2.05, 4.69) is 4.74 Å². The van der Waals surface area contributed by atoms with Gasteiger partial charge in [-0.05, 0) is 0 Å². The summed E-state index contributed by atoms with van der Waals surface area (Å²) in [6, 6.07) is 0. The summed E-state index contributed by atoms with van der Waals surface area (Å²) < 4.78 is 4.39. The Morgan fingerprint density at radius 3 is 2.42 bits per heavy atom. The summed E-state index contributed by atoms with van der Waals surface area (Å²) in [5.41, 5.74) is 0. The number of carbonyl (C=O) groups excluding carboxylic acids is 1. The first kappa shape index (κ1) is 9.40. The van der Waals surface area contributed by atoms with Crippen LogP contribution < -0.4 is 0 Å². The molecule has 1 heterocycles. The molecule has 70 valence electrons. The van der Waals surface area contributed by atoms with E-state index in [1.807, 2.05) is 0 Å². The average Bonchev–Trinajstić information content (AvgIpc) is 2.32. The van der Waals surface area contributed by atoms with E-state index in [1.54, 1.807) is 0 Å². The maximum Gasteiger partial charge on any atom is 0.338 e. The number of rotatable bonds is 2. The quantitative estimate of drug-likeness (QED) is 0.335. The van der Waals surface area contributed by atoms with Gasteiger partial charge in [0, 0.05) is 0 Å². The number of carbonyl (C=O) groups is 1. The van der Waals surface area contributed by atoms with Crippen LogP contribution in [0.1, 0.15) is 0 Å². The molecule has 0 radical (unpaired) electrons. The van der Waals surface area contributed by atoms with Gasteiger partial charge in [-0.3, -0.25) is 0 Å². The zero-order chi connectivity index (χ0) is 9.30. The Labute approximate surface area is 68.0 Å². The number of aliphatic hydroxyl groups excluding tert-OH is 4. The lowest BCUT2D eigenvalue weighted by atomic mass is 10.1. The summed E-state index contributed by atoms with van der Waals surface area (Å²) in [7, 11) is 0. The standard InChI is InChI=1S/C6H10O6/c7-1-2(8)5-3(9)4(10)6(11)12-5/h2-5,7-10H,1H2/t2-,3-,4+,5?/m1/s1. The van der Waals surface area contributed by atoms with Crippen LogP contribution in [0.3, 0.4) is 0 Å². The van der Waals surface area contributed by atoms with E-state index in [1.165, 1.54) is 0 Å². The smallest absolute Gasteiger partial charge is 0.338 e. The molecule has 0 saturated carbocycles. The van der Waals surface area contributed by atoms with Crippen LogP contribution in [0.15, 0.2) is 0 Å². The van der Waals surface area contributed by atoms with Gasteiger partial charge in [0.15, 0.2) is 12.2 Å². The molecule has 1 aliphatic rings. The highest BCUT2D eigenvalue weighted by Crippen LogP contribution is 2.18. The minimum Gasteiger partial charge on any atom is -0.455 e. The van der Waals surface area contributed by atoms with Crippen LogP contribution in [0.25, 0.3) is 0 Å². The Hall–Kier alpha value is -0.690. The predicted molar refractivity (Wildman–Crippen MR) is 35.0 cm³/mol. The molecule has 1 fully saturated rings. The summed E-state index contributed by atoms with van der Waals surface area (Å²) in [6.07, 6.45) is -5.70. The van der Waals surface area contributed by atoms with Gasteiger partial charge in [-0.1, -0.05) is 0 Å². The van der Waals surface area contributed by atoms with Crippen molar-refractivity contribution >= 4 is 5.97 Å². The molecule has 0 aromatic heterocycles. The van der Waals surface area contributed by atoms with Crippen LogP contribution >= 0.6 is 0 Å². The molecule has 12 heavy (non-hydrogen) atoms. The fraction of sp³-hybridized carbons (Fsp3) is 0.833. The Kier molecular flexibility index (Phi) is 2.63. The first-order valence-electron chi connectivity index (χ1n) is 3.43. The maximum atomic E-state index is 10.6. The van der Waals surface area contributed by atoms with Crippen molar-refractivity contribution in [2.24, 2.45) is 0 Å². The molecule has 6 heteroatoms. The van der Waals surface area contributed by atoms with E-state index >= 15 is 0 Å². The van der Waals surface area contributed by atoms with Crippen LogP contribution in [0.4, 0.5) is 0 Å². The minimum absolute atomic E-state index is 0.637. The van der Waals surface area contributed by atoms with Gasteiger partial charge < -0.3 is 25.2 Å². The molecule has 0 spiro atoms. The third kappa shape index (κ3) is 1.42. The molecule has 4 atom stereocenters. The van der Waals surface area contributed by atoms with Gasteiger partial charge in [0.1, 0.15) is 12.2 Å². The maximum absolute atomic E-state index is 10.6. The van der Waals surface area contributed by atoms with Gasteiger partial charge in [-0.2, -0.15) is 0 Å². The van der Waals surface area contributed by atoms with Crippen molar-refractivity contribution in [3.63, 3.8) is 0 Å². The van der Waals surface area contributed by atoms with Gasteiger partial charge in [0.2, 0.25) is 0 Å². The van der Waals surface area contributed by atoms with E-state index in [0.29, 0.717) is 0 Å². The first-order valence-corrected chi connectivity index (χ1v) is 3.43. The lowest BCUT2D eigenvalue weighted by Gasteiger charge is -2.17. The van der Waals surface area contributed by atoms with Gasteiger partial charge in [-0.25, -0.2) is 4.79 Å². The van der Waals surface area contributed by atoms with E-state index in [9.17, 15) is 4.79 Å². The van der Waals surface area contributed by atoms with Gasteiger partial charge >= 0.3 is 5.97 Å². The molecule has 1 rings (SSSR count). The first-order chi connectivity index (χ1) is 5.57. The van der Waals surface area contributed by atoms with Crippen LogP contribution in [0, 0.1) is 0 Å². The number of aliphatic hydroxyl groups is 4. The van der Waals surface area contributed by atoms with Crippen LogP contribution in [-0.4, -0.2) is 57.4 Å². The van der Waals surface area contributed by atoms with Crippen molar-refractivity contribution in [2.75, 3.05) is 6.61 Å². The minimum atomic E-state index is -1.63. The number of cyclic esters (lactones) is 1. The second-order valence-corrected chi connectivity index (χ2v) is 2.59. The number of hydrogen-bond donors (Lipinski definition) is 4. The number of hydrogen-bond acceptors (Lipinski definition) is 6. The molecule has 0 bridgehead atoms. The monoisotopic (exact) mass is 178 g/mol. The topological polar surface area (TPSA) is 107 Å². The summed E-state index contributed by atoms with van der Waals surface area (Å²) in [6.45, 7) is -0.637. The van der Waals surface area contributed by atoms with E-state index in [4.69, 9.17) is 20.4 Å². The van der Waals surface area contributed by atoms with Crippen molar-refractivity contribution in [2.45, 2.75) is 24.4 Å². The van der Waals surface area contributed by atoms with Gasteiger partial charge in [0.05, 0.1) is 6.61 Å². The SMILES string of the molecule is O=C1OC([C@H](O)CO)[C@H](O)[C@@H]1O. The zero-order valence-electron chi connectivity index (χ0n) is 6.12. The predicted octanol–water partition coefficient (Wildman–Crippen LogP) is -3.01. The number of ether oxygens (including phenoxy) is 1. The molecule has 1 unspecified atom stereocenters. The fourth-order valence-electron chi connectivity index (χ4n) is 1.00. The van der Waals surface area contributed by atoms with E-state index in [-0.39, 0.29) is 0 Å². The third-order valence-corrected chi connectivity index (χ3v) is 1.72. The van der Waals surface area contributed by atoms with Crippen LogP contribution in [0.5, 0.6) is 0 Å². The summed E-state index contributed by atoms with van der Waals surface area (Å²) >= 11 is 0.